The summed E-state index contributed by atoms with van der Waals surface area (Å²) in [4.78, 5) is 4.11. The van der Waals surface area contributed by atoms with Gasteiger partial charge in [0.05, 0.1) is 13.2 Å². The molecule has 2 atom stereocenters. The van der Waals surface area contributed by atoms with Crippen LogP contribution in [0.15, 0.2) is 6.33 Å². The molecule has 18 heavy (non-hydrogen) atoms. The Labute approximate surface area is 108 Å². The smallest absolute Gasteiger partial charge is 0.137 e. The third-order valence-corrected chi connectivity index (χ3v) is 3.18. The Balaban J connectivity index is 1.52. The summed E-state index contributed by atoms with van der Waals surface area (Å²) in [5.74, 6) is 0.965. The molecule has 0 amide bonds. The Morgan fingerprint density at radius 2 is 2.56 bits per heavy atom. The SMILES string of the molecule is CC(CC1COCCN1)NCCCc1ncn[nH]1. The molecular weight excluding hydrogens is 230 g/mol. The molecule has 1 aliphatic rings. The third kappa shape index (κ3) is 4.72. The molecule has 3 N–H and O–H groups in total. The minimum absolute atomic E-state index is 0.496. The molecule has 2 unspecified atom stereocenters. The van der Waals surface area contributed by atoms with E-state index in [-0.39, 0.29) is 0 Å². The van der Waals surface area contributed by atoms with Crippen LogP contribution < -0.4 is 10.6 Å². The molecular formula is C12H23N5O. The van der Waals surface area contributed by atoms with Gasteiger partial charge < -0.3 is 15.4 Å². The molecule has 0 spiro atoms. The predicted molar refractivity (Wildman–Crippen MR) is 69.4 cm³/mol. The number of ether oxygens (including phenoxy) is 1. The van der Waals surface area contributed by atoms with E-state index in [1.807, 2.05) is 0 Å². The number of nitrogens with zero attached hydrogens (tertiary/aromatic N) is 2. The van der Waals surface area contributed by atoms with Gasteiger partial charge in [-0.05, 0) is 26.3 Å². The first kappa shape index (κ1) is 13.5. The molecule has 1 saturated heterocycles. The number of morpholine rings is 1. The standard InChI is InChI=1S/C12H23N5O/c1-10(7-11-8-18-6-5-14-11)13-4-2-3-12-15-9-16-17-12/h9-11,13-14H,2-8H2,1H3,(H,15,16,17). The second-order valence-corrected chi connectivity index (χ2v) is 4.85. The fourth-order valence-electron chi connectivity index (χ4n) is 2.24. The minimum Gasteiger partial charge on any atom is -0.379 e. The van der Waals surface area contributed by atoms with Crippen molar-refractivity contribution in [1.29, 1.82) is 0 Å². The summed E-state index contributed by atoms with van der Waals surface area (Å²) in [6, 6.07) is 1.01. The van der Waals surface area contributed by atoms with Crippen LogP contribution in [0.2, 0.25) is 0 Å². The molecule has 0 saturated carbocycles. The number of aromatic nitrogens is 3. The number of hydrogen-bond donors (Lipinski definition) is 3. The van der Waals surface area contributed by atoms with Crippen molar-refractivity contribution in [3.8, 4) is 0 Å². The van der Waals surface area contributed by atoms with Gasteiger partial charge >= 0.3 is 0 Å². The topological polar surface area (TPSA) is 74.9 Å². The van der Waals surface area contributed by atoms with Gasteiger partial charge in [-0.15, -0.1) is 0 Å². The van der Waals surface area contributed by atoms with E-state index >= 15 is 0 Å². The highest BCUT2D eigenvalue weighted by Crippen LogP contribution is 2.02. The number of hydrogen-bond acceptors (Lipinski definition) is 5. The molecule has 1 aromatic rings. The first-order valence-corrected chi connectivity index (χ1v) is 6.73. The maximum Gasteiger partial charge on any atom is 0.137 e. The molecule has 1 aromatic heterocycles. The van der Waals surface area contributed by atoms with Gasteiger partial charge in [-0.1, -0.05) is 0 Å². The van der Waals surface area contributed by atoms with E-state index in [0.717, 1.165) is 51.4 Å². The van der Waals surface area contributed by atoms with Gasteiger partial charge in [0.2, 0.25) is 0 Å². The Morgan fingerprint density at radius 1 is 1.61 bits per heavy atom. The van der Waals surface area contributed by atoms with Gasteiger partial charge in [0.15, 0.2) is 0 Å². The lowest BCUT2D eigenvalue weighted by Crippen LogP contribution is -2.45. The maximum atomic E-state index is 5.45. The van der Waals surface area contributed by atoms with Crippen LogP contribution in [0.1, 0.15) is 25.6 Å². The second kappa shape index (κ2) is 7.45. The van der Waals surface area contributed by atoms with Crippen LogP contribution in [-0.2, 0) is 11.2 Å². The van der Waals surface area contributed by atoms with Crippen molar-refractivity contribution >= 4 is 0 Å². The van der Waals surface area contributed by atoms with E-state index in [4.69, 9.17) is 4.74 Å². The molecule has 102 valence electrons. The van der Waals surface area contributed by atoms with Crippen molar-refractivity contribution in [3.05, 3.63) is 12.2 Å². The molecule has 6 heteroatoms. The lowest BCUT2D eigenvalue weighted by atomic mass is 10.1. The summed E-state index contributed by atoms with van der Waals surface area (Å²) in [5, 5.41) is 13.7. The quantitative estimate of drug-likeness (QED) is 0.601. The highest BCUT2D eigenvalue weighted by atomic mass is 16.5. The van der Waals surface area contributed by atoms with Gasteiger partial charge in [-0.25, -0.2) is 4.98 Å². The first-order valence-electron chi connectivity index (χ1n) is 6.73. The Hall–Kier alpha value is -0.980. The first-order chi connectivity index (χ1) is 8.84. The molecule has 0 bridgehead atoms. The molecule has 0 aromatic carbocycles. The average molecular weight is 253 g/mol. The number of rotatable bonds is 7. The Kier molecular flexibility index (Phi) is 5.57. The number of H-pyrrole nitrogens is 1. The molecule has 0 aliphatic carbocycles. The second-order valence-electron chi connectivity index (χ2n) is 4.85. The molecule has 1 aliphatic heterocycles. The van der Waals surface area contributed by atoms with E-state index in [1.165, 1.54) is 0 Å². The van der Waals surface area contributed by atoms with Crippen LogP contribution in [0, 0.1) is 0 Å². The highest BCUT2D eigenvalue weighted by molar-refractivity contribution is 4.80. The van der Waals surface area contributed by atoms with Crippen LogP contribution in [-0.4, -0.2) is 53.6 Å². The van der Waals surface area contributed by atoms with Gasteiger partial charge in [-0.2, -0.15) is 5.10 Å². The number of nitrogens with one attached hydrogen (secondary N) is 3. The molecule has 2 heterocycles. The maximum absolute atomic E-state index is 5.45. The molecule has 6 nitrogen and oxygen atoms in total. The Morgan fingerprint density at radius 3 is 3.28 bits per heavy atom. The predicted octanol–water partition coefficient (Wildman–Crippen LogP) is 0.0939. The van der Waals surface area contributed by atoms with E-state index in [0.29, 0.717) is 12.1 Å². The van der Waals surface area contributed by atoms with Gasteiger partial charge in [0, 0.05) is 25.0 Å². The summed E-state index contributed by atoms with van der Waals surface area (Å²) in [7, 11) is 0. The summed E-state index contributed by atoms with van der Waals surface area (Å²) in [6.45, 7) is 5.89. The van der Waals surface area contributed by atoms with Gasteiger partial charge in [0.25, 0.3) is 0 Å². The number of aromatic amines is 1. The zero-order chi connectivity index (χ0) is 12.6. The summed E-state index contributed by atoms with van der Waals surface area (Å²) >= 11 is 0. The lowest BCUT2D eigenvalue weighted by molar-refractivity contribution is 0.0712. The fourth-order valence-corrected chi connectivity index (χ4v) is 2.24. The fraction of sp³-hybridized carbons (Fsp3) is 0.833. The summed E-state index contributed by atoms with van der Waals surface area (Å²) < 4.78 is 5.45. The third-order valence-electron chi connectivity index (χ3n) is 3.18. The van der Waals surface area contributed by atoms with E-state index in [2.05, 4.69) is 32.7 Å². The van der Waals surface area contributed by atoms with Crippen LogP contribution in [0.5, 0.6) is 0 Å². The summed E-state index contributed by atoms with van der Waals surface area (Å²) in [5.41, 5.74) is 0. The zero-order valence-corrected chi connectivity index (χ0v) is 11.0. The summed E-state index contributed by atoms with van der Waals surface area (Å²) in [6.07, 6.45) is 4.70. The van der Waals surface area contributed by atoms with Crippen molar-refractivity contribution in [2.45, 2.75) is 38.3 Å². The molecule has 0 radical (unpaired) electrons. The Bertz CT molecular complexity index is 310. The highest BCUT2D eigenvalue weighted by Gasteiger charge is 2.15. The molecule has 2 rings (SSSR count). The van der Waals surface area contributed by atoms with Crippen LogP contribution >= 0.6 is 0 Å². The van der Waals surface area contributed by atoms with Crippen LogP contribution in [0.4, 0.5) is 0 Å². The average Bonchev–Trinajstić information content (AvgIpc) is 2.89. The monoisotopic (exact) mass is 253 g/mol. The van der Waals surface area contributed by atoms with E-state index in [1.54, 1.807) is 6.33 Å². The normalized spacial score (nSPS) is 21.9. The number of aryl methyl sites for hydroxylation is 1. The van der Waals surface area contributed by atoms with Crippen molar-refractivity contribution < 1.29 is 4.74 Å². The van der Waals surface area contributed by atoms with Crippen molar-refractivity contribution in [2.24, 2.45) is 0 Å². The van der Waals surface area contributed by atoms with Crippen molar-refractivity contribution in [1.82, 2.24) is 25.8 Å². The largest absolute Gasteiger partial charge is 0.379 e. The van der Waals surface area contributed by atoms with Gasteiger partial charge in [-0.3, -0.25) is 5.10 Å². The molecule has 1 fully saturated rings. The van der Waals surface area contributed by atoms with E-state index in [9.17, 15) is 0 Å². The zero-order valence-electron chi connectivity index (χ0n) is 11.0. The van der Waals surface area contributed by atoms with E-state index < -0.39 is 0 Å². The van der Waals surface area contributed by atoms with Crippen molar-refractivity contribution in [2.75, 3.05) is 26.3 Å². The van der Waals surface area contributed by atoms with Crippen LogP contribution in [0.3, 0.4) is 0 Å². The minimum atomic E-state index is 0.496. The van der Waals surface area contributed by atoms with Gasteiger partial charge in [0.1, 0.15) is 12.2 Å². The van der Waals surface area contributed by atoms with Crippen LogP contribution in [0.25, 0.3) is 0 Å². The van der Waals surface area contributed by atoms with Crippen molar-refractivity contribution in [3.63, 3.8) is 0 Å². The lowest BCUT2D eigenvalue weighted by Gasteiger charge is -2.26.